The molecular weight excluding hydrogens is 316 g/mol. The highest BCUT2D eigenvalue weighted by Crippen LogP contribution is 2.43. The Balaban J connectivity index is 1.58. The van der Waals surface area contributed by atoms with Crippen LogP contribution in [0.15, 0.2) is 24.4 Å². The van der Waals surface area contributed by atoms with Crippen molar-refractivity contribution < 1.29 is 10.2 Å². The van der Waals surface area contributed by atoms with Crippen molar-refractivity contribution in [2.45, 2.75) is 56.1 Å². The number of nitrogens with zero attached hydrogens (tertiary/aromatic N) is 2. The van der Waals surface area contributed by atoms with E-state index in [4.69, 9.17) is 11.5 Å². The Morgan fingerprint density at radius 2 is 1.56 bits per heavy atom. The minimum absolute atomic E-state index is 0.521. The third-order valence-electron chi connectivity index (χ3n) is 5.59. The fourth-order valence-corrected chi connectivity index (χ4v) is 3.70. The molecule has 4 rings (SSSR count). The van der Waals surface area contributed by atoms with Crippen LogP contribution >= 0.6 is 0 Å². The van der Waals surface area contributed by atoms with E-state index in [2.05, 4.69) is 9.97 Å². The Kier molecular flexibility index (Phi) is 3.70. The number of pyridine rings is 2. The number of nitrogen functional groups attached to an aromatic ring is 2. The molecule has 2 heterocycles. The summed E-state index contributed by atoms with van der Waals surface area (Å²) in [7, 11) is 0. The summed E-state index contributed by atoms with van der Waals surface area (Å²) < 4.78 is 0. The summed E-state index contributed by atoms with van der Waals surface area (Å²) in [5, 5.41) is 21.0. The first-order chi connectivity index (χ1) is 11.9. The van der Waals surface area contributed by atoms with Gasteiger partial charge in [0.05, 0.1) is 22.8 Å². The van der Waals surface area contributed by atoms with Gasteiger partial charge in [0, 0.05) is 18.3 Å². The molecule has 2 aromatic rings. The molecule has 0 aromatic carbocycles. The topological polar surface area (TPSA) is 118 Å². The maximum Gasteiger partial charge on any atom is 0.109 e. The van der Waals surface area contributed by atoms with E-state index in [1.165, 1.54) is 0 Å². The highest BCUT2D eigenvalue weighted by Gasteiger charge is 2.40. The molecule has 2 fully saturated rings. The normalized spacial score (nSPS) is 20.6. The zero-order valence-electron chi connectivity index (χ0n) is 14.2. The molecule has 2 aromatic heterocycles. The average molecular weight is 340 g/mol. The maximum atomic E-state index is 10.6. The predicted molar refractivity (Wildman–Crippen MR) is 95.6 cm³/mol. The molecule has 0 radical (unpaired) electrons. The minimum atomic E-state index is -0.880. The number of hydrogen-bond donors (Lipinski definition) is 4. The number of anilines is 2. The van der Waals surface area contributed by atoms with Gasteiger partial charge in [-0.1, -0.05) is 0 Å². The van der Waals surface area contributed by atoms with Crippen molar-refractivity contribution in [1.82, 2.24) is 9.97 Å². The van der Waals surface area contributed by atoms with Crippen molar-refractivity contribution in [2.75, 3.05) is 11.5 Å². The smallest absolute Gasteiger partial charge is 0.109 e. The molecule has 0 bridgehead atoms. The molecule has 0 saturated heterocycles. The summed E-state index contributed by atoms with van der Waals surface area (Å²) in [4.78, 5) is 9.00. The largest absolute Gasteiger partial charge is 0.397 e. The monoisotopic (exact) mass is 340 g/mol. The van der Waals surface area contributed by atoms with Crippen LogP contribution in [0.3, 0.4) is 0 Å². The molecule has 6 N–H and O–H groups in total. The molecule has 0 unspecified atom stereocenters. The second-order valence-corrected chi connectivity index (χ2v) is 7.47. The molecule has 2 aliphatic carbocycles. The lowest BCUT2D eigenvalue weighted by Gasteiger charge is -2.37. The van der Waals surface area contributed by atoms with Crippen LogP contribution in [0, 0.1) is 0 Å². The molecule has 0 amide bonds. The Labute approximate surface area is 146 Å². The number of hydrogen-bond acceptors (Lipinski definition) is 6. The molecule has 0 atom stereocenters. The first kappa shape index (κ1) is 16.3. The maximum absolute atomic E-state index is 10.6. The van der Waals surface area contributed by atoms with Gasteiger partial charge in [-0.25, -0.2) is 0 Å². The van der Waals surface area contributed by atoms with Crippen LogP contribution in [-0.4, -0.2) is 20.2 Å². The summed E-state index contributed by atoms with van der Waals surface area (Å²) in [6.45, 7) is 0. The van der Waals surface area contributed by atoms with E-state index in [1.54, 1.807) is 12.3 Å². The lowest BCUT2D eigenvalue weighted by Crippen LogP contribution is -2.35. The van der Waals surface area contributed by atoms with Crippen molar-refractivity contribution in [1.29, 1.82) is 0 Å². The fourth-order valence-electron chi connectivity index (χ4n) is 3.70. The van der Waals surface area contributed by atoms with Crippen LogP contribution in [0.4, 0.5) is 11.4 Å². The van der Waals surface area contributed by atoms with Gasteiger partial charge >= 0.3 is 0 Å². The number of nitrogens with two attached hydrogens (primary N) is 2. The molecule has 132 valence electrons. The Morgan fingerprint density at radius 3 is 2.12 bits per heavy atom. The first-order valence-electron chi connectivity index (χ1n) is 8.85. The van der Waals surface area contributed by atoms with E-state index in [0.717, 1.165) is 24.1 Å². The molecular formula is C19H24N4O2. The summed E-state index contributed by atoms with van der Waals surface area (Å²) >= 11 is 0. The Morgan fingerprint density at radius 1 is 0.920 bits per heavy atom. The summed E-state index contributed by atoms with van der Waals surface area (Å²) in [5.41, 5.74) is 14.4. The third-order valence-corrected chi connectivity index (χ3v) is 5.59. The lowest BCUT2D eigenvalue weighted by atomic mass is 9.77. The number of rotatable bonds is 4. The van der Waals surface area contributed by atoms with Gasteiger partial charge in [0.25, 0.3) is 0 Å². The SMILES string of the molecule is Nc1cc(Cc2ccc(N)c(C3(O)CCC3)n2)cnc1C1(O)CCC1. The van der Waals surface area contributed by atoms with Gasteiger partial charge in [0.2, 0.25) is 0 Å². The van der Waals surface area contributed by atoms with Crippen molar-refractivity contribution in [2.24, 2.45) is 0 Å². The van der Waals surface area contributed by atoms with Gasteiger partial charge in [-0.15, -0.1) is 0 Å². The third kappa shape index (κ3) is 2.75. The summed E-state index contributed by atoms with van der Waals surface area (Å²) in [5.74, 6) is 0. The predicted octanol–water partition coefficient (Wildman–Crippen LogP) is 1.97. The van der Waals surface area contributed by atoms with Crippen molar-refractivity contribution in [3.05, 3.63) is 47.0 Å². The van der Waals surface area contributed by atoms with Crippen LogP contribution in [0.5, 0.6) is 0 Å². The zero-order valence-corrected chi connectivity index (χ0v) is 14.2. The van der Waals surface area contributed by atoms with E-state index >= 15 is 0 Å². The van der Waals surface area contributed by atoms with Gasteiger partial charge in [-0.05, 0) is 62.3 Å². The van der Waals surface area contributed by atoms with Gasteiger partial charge < -0.3 is 21.7 Å². The minimum Gasteiger partial charge on any atom is -0.397 e. The lowest BCUT2D eigenvalue weighted by molar-refractivity contribution is -0.0423. The van der Waals surface area contributed by atoms with Crippen molar-refractivity contribution >= 4 is 11.4 Å². The van der Waals surface area contributed by atoms with E-state index in [-0.39, 0.29) is 0 Å². The van der Waals surface area contributed by atoms with Gasteiger partial charge in [-0.2, -0.15) is 0 Å². The highest BCUT2D eigenvalue weighted by atomic mass is 16.3. The fraction of sp³-hybridized carbons (Fsp3) is 0.474. The second-order valence-electron chi connectivity index (χ2n) is 7.47. The standard InChI is InChI=1S/C19H24N4O2/c20-14-4-3-13(23-17(14)19(25)7-2-8-19)9-12-10-15(21)16(22-11-12)18(24)5-1-6-18/h3-4,10-11,24-25H,1-2,5-9,20-21H2. The van der Waals surface area contributed by atoms with Crippen LogP contribution < -0.4 is 11.5 Å². The first-order valence-corrected chi connectivity index (χ1v) is 8.85. The van der Waals surface area contributed by atoms with Crippen molar-refractivity contribution in [3.8, 4) is 0 Å². The quantitative estimate of drug-likeness (QED) is 0.676. The Hall–Kier alpha value is -2.18. The van der Waals surface area contributed by atoms with Crippen LogP contribution in [0.2, 0.25) is 0 Å². The number of aliphatic hydroxyl groups is 2. The van der Waals surface area contributed by atoms with E-state index < -0.39 is 11.2 Å². The molecule has 2 saturated carbocycles. The molecule has 0 aliphatic heterocycles. The van der Waals surface area contributed by atoms with E-state index in [0.29, 0.717) is 54.9 Å². The van der Waals surface area contributed by atoms with Gasteiger partial charge in [0.15, 0.2) is 0 Å². The molecule has 6 nitrogen and oxygen atoms in total. The second kappa shape index (κ2) is 5.68. The van der Waals surface area contributed by atoms with Crippen LogP contribution in [-0.2, 0) is 17.6 Å². The Bertz CT molecular complexity index is 813. The van der Waals surface area contributed by atoms with Gasteiger partial charge in [-0.3, -0.25) is 9.97 Å². The van der Waals surface area contributed by atoms with Crippen molar-refractivity contribution in [3.63, 3.8) is 0 Å². The van der Waals surface area contributed by atoms with E-state index in [9.17, 15) is 10.2 Å². The number of aromatic nitrogens is 2. The zero-order chi connectivity index (χ0) is 17.7. The highest BCUT2D eigenvalue weighted by molar-refractivity contribution is 5.50. The van der Waals surface area contributed by atoms with Gasteiger partial charge in [0.1, 0.15) is 11.2 Å². The molecule has 6 heteroatoms. The summed E-state index contributed by atoms with van der Waals surface area (Å²) in [6, 6.07) is 5.52. The molecule has 25 heavy (non-hydrogen) atoms. The van der Waals surface area contributed by atoms with E-state index in [1.807, 2.05) is 12.1 Å². The van der Waals surface area contributed by atoms with Crippen LogP contribution in [0.1, 0.15) is 61.2 Å². The molecule has 0 spiro atoms. The van der Waals surface area contributed by atoms with Crippen LogP contribution in [0.25, 0.3) is 0 Å². The molecule has 2 aliphatic rings. The average Bonchev–Trinajstić information content (AvgIpc) is 2.52. The summed E-state index contributed by atoms with van der Waals surface area (Å²) in [6.07, 6.45) is 7.13.